The molecule has 2 unspecified atom stereocenters. The van der Waals surface area contributed by atoms with Crippen LogP contribution in [0.2, 0.25) is 0 Å². The molecule has 14 heavy (non-hydrogen) atoms. The van der Waals surface area contributed by atoms with Crippen LogP contribution in [-0.2, 0) is 14.3 Å². The summed E-state index contributed by atoms with van der Waals surface area (Å²) < 4.78 is 10.5. The molecule has 1 aliphatic rings. The standard InChI is InChI=1S/C10H15NO3/c1-6(2)9(12)14-10(5)7(3)13-8(4)11-10/h7H,1H2,2-5H3. The first-order valence-corrected chi connectivity index (χ1v) is 4.47. The lowest BCUT2D eigenvalue weighted by atomic mass is 10.1. The van der Waals surface area contributed by atoms with Gasteiger partial charge in [-0.3, -0.25) is 0 Å². The van der Waals surface area contributed by atoms with Crippen LogP contribution >= 0.6 is 0 Å². The summed E-state index contributed by atoms with van der Waals surface area (Å²) in [6.45, 7) is 10.4. The Labute approximate surface area is 83.6 Å². The zero-order valence-corrected chi connectivity index (χ0v) is 8.96. The van der Waals surface area contributed by atoms with E-state index in [2.05, 4.69) is 11.6 Å². The van der Waals surface area contributed by atoms with Gasteiger partial charge in [0, 0.05) is 19.4 Å². The van der Waals surface area contributed by atoms with Crippen LogP contribution in [0.4, 0.5) is 0 Å². The third-order valence-electron chi connectivity index (χ3n) is 2.13. The van der Waals surface area contributed by atoms with Crippen molar-refractivity contribution in [3.8, 4) is 0 Å². The average Bonchev–Trinajstić information content (AvgIpc) is 2.25. The number of ether oxygens (including phenoxy) is 2. The fourth-order valence-corrected chi connectivity index (χ4v) is 1.18. The number of hydrogen-bond acceptors (Lipinski definition) is 4. The van der Waals surface area contributed by atoms with Gasteiger partial charge in [-0.1, -0.05) is 6.58 Å². The number of esters is 1. The van der Waals surface area contributed by atoms with Crippen molar-refractivity contribution >= 4 is 11.9 Å². The van der Waals surface area contributed by atoms with Crippen LogP contribution < -0.4 is 0 Å². The van der Waals surface area contributed by atoms with Crippen molar-refractivity contribution in [1.82, 2.24) is 0 Å². The monoisotopic (exact) mass is 197 g/mol. The smallest absolute Gasteiger partial charge is 0.335 e. The number of hydrogen-bond donors (Lipinski definition) is 0. The minimum Gasteiger partial charge on any atom is -0.472 e. The predicted octanol–water partition coefficient (Wildman–Crippen LogP) is 1.66. The van der Waals surface area contributed by atoms with Crippen molar-refractivity contribution in [3.63, 3.8) is 0 Å². The number of carbonyl (C=O) groups excluding carboxylic acids is 1. The van der Waals surface area contributed by atoms with Crippen molar-refractivity contribution in [2.24, 2.45) is 4.99 Å². The van der Waals surface area contributed by atoms with Crippen molar-refractivity contribution in [1.29, 1.82) is 0 Å². The largest absolute Gasteiger partial charge is 0.472 e. The number of aliphatic imine (C=N–C) groups is 1. The highest BCUT2D eigenvalue weighted by Crippen LogP contribution is 2.27. The molecule has 0 aliphatic carbocycles. The van der Waals surface area contributed by atoms with Gasteiger partial charge in [-0.25, -0.2) is 9.79 Å². The molecule has 0 saturated carbocycles. The van der Waals surface area contributed by atoms with Gasteiger partial charge in [0.25, 0.3) is 0 Å². The van der Waals surface area contributed by atoms with Crippen molar-refractivity contribution in [2.45, 2.75) is 39.5 Å². The Morgan fingerprint density at radius 3 is 2.64 bits per heavy atom. The Hall–Kier alpha value is -1.32. The van der Waals surface area contributed by atoms with Crippen LogP contribution in [0.5, 0.6) is 0 Å². The van der Waals surface area contributed by atoms with Crippen LogP contribution in [0, 0.1) is 0 Å². The maximum absolute atomic E-state index is 11.3. The Morgan fingerprint density at radius 2 is 2.29 bits per heavy atom. The Bertz CT molecular complexity index is 308. The normalized spacial score (nSPS) is 30.6. The first-order valence-electron chi connectivity index (χ1n) is 4.47. The highest BCUT2D eigenvalue weighted by atomic mass is 16.6. The molecular formula is C10H15NO3. The minimum absolute atomic E-state index is 0.259. The molecule has 4 nitrogen and oxygen atoms in total. The molecule has 1 heterocycles. The van der Waals surface area contributed by atoms with Gasteiger partial charge < -0.3 is 9.47 Å². The van der Waals surface area contributed by atoms with Gasteiger partial charge >= 0.3 is 5.97 Å². The van der Waals surface area contributed by atoms with Gasteiger partial charge in [0.2, 0.25) is 5.72 Å². The van der Waals surface area contributed by atoms with Gasteiger partial charge in [-0.05, 0) is 13.8 Å². The van der Waals surface area contributed by atoms with Gasteiger partial charge in [0.05, 0.1) is 0 Å². The third-order valence-corrected chi connectivity index (χ3v) is 2.13. The van der Waals surface area contributed by atoms with Crippen molar-refractivity contribution < 1.29 is 14.3 Å². The SMILES string of the molecule is C=C(C)C(=O)OC1(C)N=C(C)OC1C. The summed E-state index contributed by atoms with van der Waals surface area (Å²) in [7, 11) is 0. The van der Waals surface area contributed by atoms with E-state index in [1.165, 1.54) is 0 Å². The molecule has 1 aliphatic heterocycles. The van der Waals surface area contributed by atoms with Crippen molar-refractivity contribution in [3.05, 3.63) is 12.2 Å². The second-order valence-electron chi connectivity index (χ2n) is 3.62. The quantitative estimate of drug-likeness (QED) is 0.499. The Balaban J connectivity index is 2.77. The Kier molecular flexibility index (Phi) is 2.64. The van der Waals surface area contributed by atoms with Crippen LogP contribution in [0.3, 0.4) is 0 Å². The lowest BCUT2D eigenvalue weighted by molar-refractivity contribution is -0.158. The average molecular weight is 197 g/mol. The zero-order chi connectivity index (χ0) is 10.9. The van der Waals surface area contributed by atoms with E-state index in [0.29, 0.717) is 11.5 Å². The summed E-state index contributed by atoms with van der Waals surface area (Å²) in [6, 6.07) is 0. The molecule has 0 aromatic heterocycles. The van der Waals surface area contributed by atoms with Crippen LogP contribution in [0.15, 0.2) is 17.1 Å². The topological polar surface area (TPSA) is 47.9 Å². The fourth-order valence-electron chi connectivity index (χ4n) is 1.18. The van der Waals surface area contributed by atoms with Crippen LogP contribution in [-0.4, -0.2) is 23.7 Å². The van der Waals surface area contributed by atoms with E-state index in [-0.39, 0.29) is 6.10 Å². The zero-order valence-electron chi connectivity index (χ0n) is 8.96. The summed E-state index contributed by atoms with van der Waals surface area (Å²) >= 11 is 0. The van der Waals surface area contributed by atoms with E-state index >= 15 is 0 Å². The number of nitrogens with zero attached hydrogens (tertiary/aromatic N) is 1. The van der Waals surface area contributed by atoms with E-state index in [1.54, 1.807) is 20.8 Å². The lowest BCUT2D eigenvalue weighted by Crippen LogP contribution is -2.38. The summed E-state index contributed by atoms with van der Waals surface area (Å²) in [5.74, 6) is 0.0934. The summed E-state index contributed by atoms with van der Waals surface area (Å²) in [6.07, 6.45) is -0.259. The second kappa shape index (κ2) is 3.44. The molecule has 78 valence electrons. The molecule has 0 bridgehead atoms. The van der Waals surface area contributed by atoms with E-state index in [0.717, 1.165) is 0 Å². The summed E-state index contributed by atoms with van der Waals surface area (Å²) in [5.41, 5.74) is -0.557. The van der Waals surface area contributed by atoms with Gasteiger partial charge in [-0.2, -0.15) is 0 Å². The first-order chi connectivity index (χ1) is 6.35. The van der Waals surface area contributed by atoms with E-state index in [4.69, 9.17) is 9.47 Å². The highest BCUT2D eigenvalue weighted by Gasteiger charge is 2.41. The molecule has 0 radical (unpaired) electrons. The van der Waals surface area contributed by atoms with E-state index in [9.17, 15) is 4.79 Å². The molecular weight excluding hydrogens is 182 g/mol. The predicted molar refractivity (Wildman–Crippen MR) is 53.0 cm³/mol. The molecule has 0 spiro atoms. The molecule has 1 rings (SSSR count). The van der Waals surface area contributed by atoms with Crippen LogP contribution in [0.25, 0.3) is 0 Å². The van der Waals surface area contributed by atoms with Gasteiger partial charge in [0.1, 0.15) is 0 Å². The third kappa shape index (κ3) is 1.95. The van der Waals surface area contributed by atoms with E-state index < -0.39 is 11.7 Å². The number of carbonyl (C=O) groups is 1. The molecule has 0 saturated heterocycles. The molecule has 0 fully saturated rings. The summed E-state index contributed by atoms with van der Waals surface area (Å²) in [5, 5.41) is 0. The molecule has 4 heteroatoms. The molecule has 0 aromatic rings. The number of rotatable bonds is 2. The second-order valence-corrected chi connectivity index (χ2v) is 3.62. The fraction of sp³-hybridized carbons (Fsp3) is 0.600. The molecule has 0 aromatic carbocycles. The summed E-state index contributed by atoms with van der Waals surface area (Å²) in [4.78, 5) is 15.4. The van der Waals surface area contributed by atoms with Gasteiger partial charge in [-0.15, -0.1) is 0 Å². The van der Waals surface area contributed by atoms with Gasteiger partial charge in [0.15, 0.2) is 12.0 Å². The van der Waals surface area contributed by atoms with Crippen molar-refractivity contribution in [2.75, 3.05) is 0 Å². The Morgan fingerprint density at radius 1 is 1.71 bits per heavy atom. The van der Waals surface area contributed by atoms with E-state index in [1.807, 2.05) is 6.92 Å². The molecule has 2 atom stereocenters. The maximum Gasteiger partial charge on any atom is 0.335 e. The molecule has 0 N–H and O–H groups in total. The first kappa shape index (κ1) is 10.8. The molecule has 0 amide bonds. The van der Waals surface area contributed by atoms with Crippen LogP contribution in [0.1, 0.15) is 27.7 Å². The lowest BCUT2D eigenvalue weighted by Gasteiger charge is -2.24. The highest BCUT2D eigenvalue weighted by molar-refractivity contribution is 5.87. The maximum atomic E-state index is 11.3. The minimum atomic E-state index is -0.917.